The lowest BCUT2D eigenvalue weighted by Gasteiger charge is -2.18. The maximum absolute atomic E-state index is 12.8. The number of rotatable bonds is 48. The van der Waals surface area contributed by atoms with Gasteiger partial charge < -0.3 is 14.2 Å². The predicted octanol–water partition coefficient (Wildman–Crippen LogP) is 18.0. The fourth-order valence-corrected chi connectivity index (χ4v) is 7.41. The molecule has 0 saturated carbocycles. The molecule has 1 atom stereocenters. The molecular weight excluding hydrogens is 805 g/mol. The number of ether oxygens (including phenoxy) is 3. The molecule has 0 aromatic rings. The molecule has 0 aliphatic heterocycles. The Bertz CT molecular complexity index is 1270. The first-order chi connectivity index (χ1) is 32.0. The molecule has 0 heterocycles. The molecule has 0 aliphatic carbocycles. The second-order valence-electron chi connectivity index (χ2n) is 17.9. The van der Waals surface area contributed by atoms with Gasteiger partial charge in [0, 0.05) is 19.3 Å². The van der Waals surface area contributed by atoms with E-state index in [1.807, 2.05) is 36.5 Å². The Labute approximate surface area is 401 Å². The molecular formula is C59H100O6. The zero-order valence-corrected chi connectivity index (χ0v) is 42.5. The molecule has 0 saturated heterocycles. The van der Waals surface area contributed by atoms with Gasteiger partial charge in [-0.2, -0.15) is 0 Å². The summed E-state index contributed by atoms with van der Waals surface area (Å²) in [7, 11) is 0. The molecule has 65 heavy (non-hydrogen) atoms. The highest BCUT2D eigenvalue weighted by Crippen LogP contribution is 2.15. The minimum absolute atomic E-state index is 0.111. The molecule has 1 unspecified atom stereocenters. The topological polar surface area (TPSA) is 78.9 Å². The molecule has 0 N–H and O–H groups in total. The quantitative estimate of drug-likeness (QED) is 0.0199. The van der Waals surface area contributed by atoms with Gasteiger partial charge in [-0.3, -0.25) is 14.4 Å². The van der Waals surface area contributed by atoms with Crippen molar-refractivity contribution in [2.45, 2.75) is 258 Å². The van der Waals surface area contributed by atoms with E-state index in [0.717, 1.165) is 70.6 Å². The number of carbonyl (C=O) groups excluding carboxylic acids is 3. The Balaban J connectivity index is 4.48. The molecule has 0 radical (unpaired) electrons. The van der Waals surface area contributed by atoms with Crippen molar-refractivity contribution in [1.82, 2.24) is 0 Å². The summed E-state index contributed by atoms with van der Waals surface area (Å²) in [6.07, 6.45) is 68.7. The summed E-state index contributed by atoms with van der Waals surface area (Å²) < 4.78 is 16.7. The van der Waals surface area contributed by atoms with Crippen LogP contribution in [-0.2, 0) is 28.6 Å². The molecule has 6 heteroatoms. The number of hydrogen-bond donors (Lipinski definition) is 0. The summed E-state index contributed by atoms with van der Waals surface area (Å²) in [5, 5.41) is 0. The molecule has 0 spiro atoms. The highest BCUT2D eigenvalue weighted by atomic mass is 16.6. The normalized spacial score (nSPS) is 12.7. The molecule has 0 rings (SSSR count). The van der Waals surface area contributed by atoms with Crippen molar-refractivity contribution in [3.8, 4) is 0 Å². The Morgan fingerprint density at radius 3 is 1.15 bits per heavy atom. The van der Waals surface area contributed by atoms with Crippen LogP contribution >= 0.6 is 0 Å². The Morgan fingerprint density at radius 2 is 0.677 bits per heavy atom. The number of esters is 3. The van der Waals surface area contributed by atoms with Gasteiger partial charge in [0.2, 0.25) is 0 Å². The van der Waals surface area contributed by atoms with Crippen molar-refractivity contribution in [3.63, 3.8) is 0 Å². The number of allylic oxidation sites excluding steroid dienone is 14. The van der Waals surface area contributed by atoms with Crippen LogP contribution in [0.15, 0.2) is 85.1 Å². The lowest BCUT2D eigenvalue weighted by molar-refractivity contribution is -0.167. The van der Waals surface area contributed by atoms with Crippen LogP contribution in [0.2, 0.25) is 0 Å². The lowest BCUT2D eigenvalue weighted by Crippen LogP contribution is -2.30. The number of carbonyl (C=O) groups is 3. The van der Waals surface area contributed by atoms with E-state index < -0.39 is 6.10 Å². The third-order valence-electron chi connectivity index (χ3n) is 11.5. The first kappa shape index (κ1) is 61.6. The van der Waals surface area contributed by atoms with Gasteiger partial charge in [0.1, 0.15) is 13.2 Å². The average Bonchev–Trinajstić information content (AvgIpc) is 3.30. The van der Waals surface area contributed by atoms with Gasteiger partial charge in [-0.15, -0.1) is 0 Å². The van der Waals surface area contributed by atoms with Crippen molar-refractivity contribution in [3.05, 3.63) is 85.1 Å². The van der Waals surface area contributed by atoms with Crippen LogP contribution in [0.5, 0.6) is 0 Å². The first-order valence-electron chi connectivity index (χ1n) is 27.1. The Hall–Kier alpha value is -3.41. The van der Waals surface area contributed by atoms with Crippen molar-refractivity contribution in [2.75, 3.05) is 13.2 Å². The van der Waals surface area contributed by atoms with E-state index in [2.05, 4.69) is 69.4 Å². The predicted molar refractivity (Wildman–Crippen MR) is 279 cm³/mol. The summed E-state index contributed by atoms with van der Waals surface area (Å²) in [6, 6.07) is 0. The van der Waals surface area contributed by atoms with Gasteiger partial charge >= 0.3 is 17.9 Å². The highest BCUT2D eigenvalue weighted by molar-refractivity contribution is 5.71. The van der Waals surface area contributed by atoms with E-state index in [9.17, 15) is 14.4 Å². The second kappa shape index (κ2) is 53.2. The third kappa shape index (κ3) is 51.4. The van der Waals surface area contributed by atoms with Gasteiger partial charge in [0.15, 0.2) is 6.10 Å². The van der Waals surface area contributed by atoms with Crippen LogP contribution in [0.1, 0.15) is 252 Å². The molecule has 372 valence electrons. The minimum Gasteiger partial charge on any atom is -0.462 e. The fraction of sp³-hybridized carbons (Fsp3) is 0.712. The third-order valence-corrected chi connectivity index (χ3v) is 11.5. The van der Waals surface area contributed by atoms with Crippen molar-refractivity contribution < 1.29 is 28.6 Å². The lowest BCUT2D eigenvalue weighted by atomic mass is 10.0. The molecule has 0 amide bonds. The SMILES string of the molecule is CC/C=C/C=C/C=C/C=C/CCCCCC(=O)OCC(COC(=O)CCC/C=C/C/C=C/C/C=C/CCCCCCCC)OC(=O)CCCCCCCCCCCCCCCCCCC. The summed E-state index contributed by atoms with van der Waals surface area (Å²) in [4.78, 5) is 38.0. The standard InChI is InChI=1S/C59H100O6/c1-4-7-10-13-16-19-22-25-27-29-31-34-37-40-43-46-49-52-58(61)64-55-56(54-63-57(60)51-48-45-42-39-36-33-24-21-18-15-12-9-6-3)65-59(62)53-50-47-44-41-38-35-32-30-28-26-23-20-17-14-11-8-5-2/h9,12,15,18,21,24-25,27,31,33-34,36,40,43,56H,4-8,10-11,13-14,16-17,19-20,22-23,26,28-30,32,35,37-39,41-42,44-55H2,1-3H3/b12-9+,18-15+,24-21+,27-25+,34-31+,36-33+,43-40+. The number of hydrogen-bond acceptors (Lipinski definition) is 6. The summed E-state index contributed by atoms with van der Waals surface area (Å²) in [5.74, 6) is -0.995. The van der Waals surface area contributed by atoms with Gasteiger partial charge in [-0.25, -0.2) is 0 Å². The fourth-order valence-electron chi connectivity index (χ4n) is 7.41. The first-order valence-corrected chi connectivity index (χ1v) is 27.1. The van der Waals surface area contributed by atoms with Crippen LogP contribution in [0.3, 0.4) is 0 Å². The van der Waals surface area contributed by atoms with E-state index in [1.165, 1.54) is 135 Å². The zero-order chi connectivity index (χ0) is 47.2. The molecule has 0 aromatic heterocycles. The second-order valence-corrected chi connectivity index (χ2v) is 17.9. The smallest absolute Gasteiger partial charge is 0.306 e. The van der Waals surface area contributed by atoms with E-state index in [-0.39, 0.29) is 37.5 Å². The van der Waals surface area contributed by atoms with Gasteiger partial charge in [0.05, 0.1) is 0 Å². The molecule has 0 fully saturated rings. The molecule has 0 aliphatic rings. The van der Waals surface area contributed by atoms with Crippen LogP contribution in [0.4, 0.5) is 0 Å². The van der Waals surface area contributed by atoms with Crippen LogP contribution in [0, 0.1) is 0 Å². The van der Waals surface area contributed by atoms with Crippen molar-refractivity contribution >= 4 is 17.9 Å². The van der Waals surface area contributed by atoms with E-state index in [0.29, 0.717) is 19.3 Å². The molecule has 0 aromatic carbocycles. The van der Waals surface area contributed by atoms with E-state index in [1.54, 1.807) is 0 Å². The van der Waals surface area contributed by atoms with Crippen LogP contribution < -0.4 is 0 Å². The van der Waals surface area contributed by atoms with Gasteiger partial charge in [-0.05, 0) is 70.6 Å². The van der Waals surface area contributed by atoms with Gasteiger partial charge in [-0.1, -0.05) is 247 Å². The maximum Gasteiger partial charge on any atom is 0.306 e. The largest absolute Gasteiger partial charge is 0.462 e. The van der Waals surface area contributed by atoms with Crippen molar-refractivity contribution in [1.29, 1.82) is 0 Å². The average molecular weight is 905 g/mol. The molecule has 0 bridgehead atoms. The van der Waals surface area contributed by atoms with Crippen LogP contribution in [0.25, 0.3) is 0 Å². The number of unbranched alkanes of at least 4 members (excludes halogenated alkanes) is 26. The Kier molecular flexibility index (Phi) is 50.4. The minimum atomic E-state index is -0.811. The van der Waals surface area contributed by atoms with E-state index >= 15 is 0 Å². The van der Waals surface area contributed by atoms with Crippen LogP contribution in [-0.4, -0.2) is 37.2 Å². The highest BCUT2D eigenvalue weighted by Gasteiger charge is 2.19. The Morgan fingerprint density at radius 1 is 0.338 bits per heavy atom. The summed E-state index contributed by atoms with van der Waals surface area (Å²) >= 11 is 0. The maximum atomic E-state index is 12.8. The molecule has 6 nitrogen and oxygen atoms in total. The monoisotopic (exact) mass is 905 g/mol. The van der Waals surface area contributed by atoms with E-state index in [4.69, 9.17) is 14.2 Å². The van der Waals surface area contributed by atoms with Gasteiger partial charge in [0.25, 0.3) is 0 Å². The summed E-state index contributed by atoms with van der Waals surface area (Å²) in [6.45, 7) is 6.42. The zero-order valence-electron chi connectivity index (χ0n) is 42.5. The summed E-state index contributed by atoms with van der Waals surface area (Å²) in [5.41, 5.74) is 0. The van der Waals surface area contributed by atoms with Crippen molar-refractivity contribution in [2.24, 2.45) is 0 Å².